The van der Waals surface area contributed by atoms with Crippen LogP contribution in [0.25, 0.3) is 11.3 Å². The third kappa shape index (κ3) is 1.90. The third-order valence-corrected chi connectivity index (χ3v) is 2.00. The van der Waals surface area contributed by atoms with E-state index < -0.39 is 11.5 Å². The number of rotatable bonds is 1. The van der Waals surface area contributed by atoms with Crippen LogP contribution in [0.15, 0.2) is 29.5 Å². The second-order valence-corrected chi connectivity index (χ2v) is 3.14. The second-order valence-electron chi connectivity index (χ2n) is 3.14. The minimum Gasteiger partial charge on any atom is -0.305 e. The quantitative estimate of drug-likeness (QED) is 0.762. The molecule has 0 spiro atoms. The van der Waals surface area contributed by atoms with E-state index in [4.69, 9.17) is 0 Å². The van der Waals surface area contributed by atoms with Gasteiger partial charge in [0.25, 0.3) is 0 Å². The summed E-state index contributed by atoms with van der Waals surface area (Å²) in [5.74, 6) is -0.440. The van der Waals surface area contributed by atoms with Crippen molar-refractivity contribution in [3.05, 3.63) is 46.5 Å². The molecule has 5 heteroatoms. The van der Waals surface area contributed by atoms with Gasteiger partial charge in [-0.15, -0.1) is 0 Å². The van der Waals surface area contributed by atoms with Crippen LogP contribution in [0.3, 0.4) is 0 Å². The molecular weight excluding hydrogens is 197 g/mol. The average Bonchev–Trinajstić information content (AvgIpc) is 2.22. The van der Waals surface area contributed by atoms with Crippen LogP contribution < -0.4 is 5.69 Å². The first-order valence-electron chi connectivity index (χ1n) is 4.33. The number of aromatic amines is 1. The number of nitrogens with zero attached hydrogens (tertiary/aromatic N) is 2. The van der Waals surface area contributed by atoms with Crippen LogP contribution in [0, 0.1) is 12.7 Å². The zero-order valence-electron chi connectivity index (χ0n) is 7.99. The van der Waals surface area contributed by atoms with Gasteiger partial charge in [-0.1, -0.05) is 0 Å². The van der Waals surface area contributed by atoms with Gasteiger partial charge in [-0.05, 0) is 18.6 Å². The molecule has 2 aromatic heterocycles. The van der Waals surface area contributed by atoms with Gasteiger partial charge in [0, 0.05) is 18.0 Å². The van der Waals surface area contributed by atoms with Crippen molar-refractivity contribution in [3.8, 4) is 11.3 Å². The maximum absolute atomic E-state index is 12.9. The molecule has 0 bridgehead atoms. The Labute approximate surface area is 84.8 Å². The van der Waals surface area contributed by atoms with Gasteiger partial charge in [0.2, 0.25) is 0 Å². The standard InChI is InChI=1S/C10H8FN3O/c1-6-3-13-10(15)14-9(6)7-2-8(11)5-12-4-7/h2-5H,1H3,(H,13,14,15). The largest absolute Gasteiger partial charge is 0.345 e. The molecule has 0 unspecified atom stereocenters. The molecule has 0 aliphatic rings. The lowest BCUT2D eigenvalue weighted by molar-refractivity contribution is 0.622. The highest BCUT2D eigenvalue weighted by Crippen LogP contribution is 2.18. The lowest BCUT2D eigenvalue weighted by Crippen LogP contribution is -2.11. The number of aryl methyl sites for hydroxylation is 1. The molecular formula is C10H8FN3O. The van der Waals surface area contributed by atoms with Crippen LogP contribution in [0.5, 0.6) is 0 Å². The number of hydrogen-bond donors (Lipinski definition) is 1. The topological polar surface area (TPSA) is 58.6 Å². The molecule has 0 aliphatic carbocycles. The number of pyridine rings is 1. The fraction of sp³-hybridized carbons (Fsp3) is 0.100. The van der Waals surface area contributed by atoms with Crippen LogP contribution in [0.1, 0.15) is 5.56 Å². The molecule has 0 amide bonds. The highest BCUT2D eigenvalue weighted by atomic mass is 19.1. The molecule has 0 aromatic carbocycles. The molecule has 0 aliphatic heterocycles. The normalized spacial score (nSPS) is 10.3. The first-order chi connectivity index (χ1) is 7.16. The van der Waals surface area contributed by atoms with Crippen LogP contribution in [0.2, 0.25) is 0 Å². The summed E-state index contributed by atoms with van der Waals surface area (Å²) in [5, 5.41) is 0. The minimum atomic E-state index is -0.458. The van der Waals surface area contributed by atoms with E-state index in [9.17, 15) is 9.18 Å². The number of halogens is 1. The minimum absolute atomic E-state index is 0.440. The molecule has 0 fully saturated rings. The molecule has 0 atom stereocenters. The van der Waals surface area contributed by atoms with Crippen LogP contribution in [-0.4, -0.2) is 15.0 Å². The Bertz CT molecular complexity index is 550. The summed E-state index contributed by atoms with van der Waals surface area (Å²) < 4.78 is 12.9. The molecule has 4 nitrogen and oxygen atoms in total. The SMILES string of the molecule is Cc1cnc(=O)[nH]c1-c1cncc(F)c1. The van der Waals surface area contributed by atoms with Gasteiger partial charge < -0.3 is 4.98 Å². The average molecular weight is 205 g/mol. The Hall–Kier alpha value is -2.04. The number of H-pyrrole nitrogens is 1. The molecule has 0 saturated carbocycles. The number of nitrogens with one attached hydrogen (secondary N) is 1. The number of aromatic nitrogens is 3. The van der Waals surface area contributed by atoms with Gasteiger partial charge in [-0.3, -0.25) is 4.98 Å². The highest BCUT2D eigenvalue weighted by molar-refractivity contribution is 5.60. The van der Waals surface area contributed by atoms with Crippen molar-refractivity contribution in [1.29, 1.82) is 0 Å². The van der Waals surface area contributed by atoms with E-state index >= 15 is 0 Å². The molecule has 1 N–H and O–H groups in total. The zero-order chi connectivity index (χ0) is 10.8. The van der Waals surface area contributed by atoms with Gasteiger partial charge in [-0.25, -0.2) is 14.2 Å². The maximum atomic E-state index is 12.9. The Morgan fingerprint density at radius 1 is 1.33 bits per heavy atom. The predicted octanol–water partition coefficient (Wildman–Crippen LogP) is 1.28. The van der Waals surface area contributed by atoms with E-state index in [1.807, 2.05) is 0 Å². The van der Waals surface area contributed by atoms with Crippen molar-refractivity contribution < 1.29 is 4.39 Å². The Balaban J connectivity index is 2.63. The van der Waals surface area contributed by atoms with Crippen molar-refractivity contribution >= 4 is 0 Å². The van der Waals surface area contributed by atoms with E-state index in [-0.39, 0.29) is 0 Å². The summed E-state index contributed by atoms with van der Waals surface area (Å²) in [7, 11) is 0. The fourth-order valence-corrected chi connectivity index (χ4v) is 1.31. The van der Waals surface area contributed by atoms with Crippen molar-refractivity contribution in [2.75, 3.05) is 0 Å². The van der Waals surface area contributed by atoms with Gasteiger partial charge >= 0.3 is 5.69 Å². The van der Waals surface area contributed by atoms with Gasteiger partial charge in [-0.2, -0.15) is 0 Å². The van der Waals surface area contributed by atoms with Gasteiger partial charge in [0.15, 0.2) is 0 Å². The first kappa shape index (κ1) is 9.51. The molecule has 2 heterocycles. The van der Waals surface area contributed by atoms with E-state index in [0.717, 1.165) is 11.8 Å². The van der Waals surface area contributed by atoms with Gasteiger partial charge in [0.05, 0.1) is 11.9 Å². The van der Waals surface area contributed by atoms with E-state index in [0.29, 0.717) is 11.3 Å². The third-order valence-electron chi connectivity index (χ3n) is 2.00. The monoisotopic (exact) mass is 205 g/mol. The smallest absolute Gasteiger partial charge is 0.305 e. The Morgan fingerprint density at radius 2 is 2.13 bits per heavy atom. The fourth-order valence-electron chi connectivity index (χ4n) is 1.31. The van der Waals surface area contributed by atoms with Crippen LogP contribution in [0.4, 0.5) is 4.39 Å². The van der Waals surface area contributed by atoms with E-state index in [1.165, 1.54) is 18.5 Å². The van der Waals surface area contributed by atoms with Gasteiger partial charge in [0.1, 0.15) is 5.82 Å². The zero-order valence-corrected chi connectivity index (χ0v) is 7.99. The highest BCUT2D eigenvalue weighted by Gasteiger charge is 2.04. The molecule has 2 aromatic rings. The number of hydrogen-bond acceptors (Lipinski definition) is 3. The molecule has 2 rings (SSSR count). The lowest BCUT2D eigenvalue weighted by Gasteiger charge is -2.03. The second kappa shape index (κ2) is 3.61. The van der Waals surface area contributed by atoms with Crippen LogP contribution in [-0.2, 0) is 0 Å². The molecule has 76 valence electrons. The van der Waals surface area contributed by atoms with Crippen LogP contribution >= 0.6 is 0 Å². The lowest BCUT2D eigenvalue weighted by atomic mass is 10.1. The summed E-state index contributed by atoms with van der Waals surface area (Å²) in [5.41, 5.74) is 1.39. The summed E-state index contributed by atoms with van der Waals surface area (Å²) in [6.45, 7) is 1.78. The van der Waals surface area contributed by atoms with Crippen molar-refractivity contribution in [1.82, 2.24) is 15.0 Å². The maximum Gasteiger partial charge on any atom is 0.345 e. The van der Waals surface area contributed by atoms with Crippen molar-refractivity contribution in [2.24, 2.45) is 0 Å². The van der Waals surface area contributed by atoms with E-state index in [2.05, 4.69) is 15.0 Å². The Morgan fingerprint density at radius 3 is 2.87 bits per heavy atom. The van der Waals surface area contributed by atoms with Crippen molar-refractivity contribution in [2.45, 2.75) is 6.92 Å². The summed E-state index contributed by atoms with van der Waals surface area (Å²) in [6.07, 6.45) is 4.04. The first-order valence-corrected chi connectivity index (χ1v) is 4.33. The van der Waals surface area contributed by atoms with E-state index in [1.54, 1.807) is 6.92 Å². The predicted molar refractivity (Wildman–Crippen MR) is 52.8 cm³/mol. The Kier molecular flexibility index (Phi) is 2.29. The summed E-state index contributed by atoms with van der Waals surface area (Å²) >= 11 is 0. The molecule has 15 heavy (non-hydrogen) atoms. The van der Waals surface area contributed by atoms with Crippen molar-refractivity contribution in [3.63, 3.8) is 0 Å². The molecule has 0 saturated heterocycles. The molecule has 0 radical (unpaired) electrons. The summed E-state index contributed by atoms with van der Waals surface area (Å²) in [6, 6.07) is 1.31. The summed E-state index contributed by atoms with van der Waals surface area (Å²) in [4.78, 5) is 20.8.